The summed E-state index contributed by atoms with van der Waals surface area (Å²) in [5.41, 5.74) is 0.914. The Morgan fingerprint density at radius 2 is 2.13 bits per heavy atom. The first-order valence-corrected chi connectivity index (χ1v) is 9.33. The highest BCUT2D eigenvalue weighted by Gasteiger charge is 2.46. The van der Waals surface area contributed by atoms with Gasteiger partial charge in [-0.3, -0.25) is 4.79 Å². The molecule has 0 spiro atoms. The molecule has 1 aliphatic heterocycles. The topological polar surface area (TPSA) is 57.6 Å². The number of hydrogen-bond acceptors (Lipinski definition) is 3. The van der Waals surface area contributed by atoms with E-state index < -0.39 is 17.6 Å². The van der Waals surface area contributed by atoms with Crippen molar-refractivity contribution in [2.24, 2.45) is 5.92 Å². The van der Waals surface area contributed by atoms with Crippen LogP contribution in [0.15, 0.2) is 6.07 Å². The fourth-order valence-electron chi connectivity index (χ4n) is 3.98. The maximum atomic E-state index is 13.0. The van der Waals surface area contributed by atoms with Gasteiger partial charge >= 0.3 is 5.97 Å². The van der Waals surface area contributed by atoms with Crippen LogP contribution in [-0.2, 0) is 17.6 Å². The third-order valence-electron chi connectivity index (χ3n) is 5.47. The summed E-state index contributed by atoms with van der Waals surface area (Å²) in [7, 11) is 0. The van der Waals surface area contributed by atoms with Crippen molar-refractivity contribution in [1.82, 2.24) is 4.90 Å². The average Bonchev–Trinajstić information content (AvgIpc) is 3.05. The molecule has 2 unspecified atom stereocenters. The molecule has 1 N–H and O–H groups in total. The molecule has 3 rings (SSSR count). The SMILES string of the molecule is CCC1CCc2sc(C(=O)N3C(C(=O)O)CCC3(C)C)cc2C1. The van der Waals surface area contributed by atoms with E-state index in [-0.39, 0.29) is 5.91 Å². The molecule has 0 bridgehead atoms. The fraction of sp³-hybridized carbons (Fsp3) is 0.667. The van der Waals surface area contributed by atoms with E-state index in [1.807, 2.05) is 19.9 Å². The molecule has 1 saturated heterocycles. The van der Waals surface area contributed by atoms with Gasteiger partial charge in [-0.15, -0.1) is 11.3 Å². The van der Waals surface area contributed by atoms with E-state index in [1.54, 1.807) is 16.2 Å². The minimum atomic E-state index is -0.892. The standard InChI is InChI=1S/C18H25NO3S/c1-4-11-5-6-14-12(9-11)10-15(23-14)16(20)19-13(17(21)22)7-8-18(19,2)3/h10-11,13H,4-9H2,1-3H3,(H,21,22). The number of thiophene rings is 1. The van der Waals surface area contributed by atoms with Crippen LogP contribution in [0.4, 0.5) is 0 Å². The number of hydrogen-bond donors (Lipinski definition) is 1. The normalized spacial score (nSPS) is 26.1. The van der Waals surface area contributed by atoms with E-state index in [1.165, 1.54) is 23.3 Å². The summed E-state index contributed by atoms with van der Waals surface area (Å²) in [6.45, 7) is 6.15. The number of nitrogens with zero attached hydrogens (tertiary/aromatic N) is 1. The number of carbonyl (C=O) groups is 2. The molecule has 4 nitrogen and oxygen atoms in total. The highest BCUT2D eigenvalue weighted by molar-refractivity contribution is 7.14. The summed E-state index contributed by atoms with van der Waals surface area (Å²) in [5.74, 6) is -0.279. The quantitative estimate of drug-likeness (QED) is 0.915. The smallest absolute Gasteiger partial charge is 0.326 e. The van der Waals surface area contributed by atoms with Gasteiger partial charge < -0.3 is 10.0 Å². The van der Waals surface area contributed by atoms with E-state index in [0.717, 1.165) is 25.2 Å². The van der Waals surface area contributed by atoms with Crippen LogP contribution in [0.25, 0.3) is 0 Å². The zero-order valence-corrected chi connectivity index (χ0v) is 14.9. The molecule has 1 aromatic rings. The number of rotatable bonds is 3. The molecule has 0 saturated carbocycles. The molecule has 1 aliphatic carbocycles. The number of aryl methyl sites for hydroxylation is 1. The van der Waals surface area contributed by atoms with Crippen LogP contribution >= 0.6 is 11.3 Å². The monoisotopic (exact) mass is 335 g/mol. The van der Waals surface area contributed by atoms with Gasteiger partial charge in [0.25, 0.3) is 5.91 Å². The molecule has 1 fully saturated rings. The Morgan fingerprint density at radius 3 is 2.78 bits per heavy atom. The zero-order chi connectivity index (χ0) is 16.8. The van der Waals surface area contributed by atoms with Gasteiger partial charge in [0.15, 0.2) is 0 Å². The molecular weight excluding hydrogens is 310 g/mol. The Morgan fingerprint density at radius 1 is 1.39 bits per heavy atom. The Kier molecular flexibility index (Phi) is 4.25. The minimum Gasteiger partial charge on any atom is -0.480 e. The molecule has 0 radical (unpaired) electrons. The first-order valence-electron chi connectivity index (χ1n) is 8.51. The molecule has 2 atom stereocenters. The van der Waals surface area contributed by atoms with Crippen molar-refractivity contribution in [3.63, 3.8) is 0 Å². The lowest BCUT2D eigenvalue weighted by Gasteiger charge is -2.34. The third-order valence-corrected chi connectivity index (χ3v) is 6.70. The lowest BCUT2D eigenvalue weighted by molar-refractivity contribution is -0.142. The lowest BCUT2D eigenvalue weighted by Crippen LogP contribution is -2.49. The van der Waals surface area contributed by atoms with Crippen LogP contribution in [-0.4, -0.2) is 33.5 Å². The van der Waals surface area contributed by atoms with Crippen molar-refractivity contribution in [2.75, 3.05) is 0 Å². The summed E-state index contributed by atoms with van der Waals surface area (Å²) in [6.07, 6.45) is 5.76. The van der Waals surface area contributed by atoms with Crippen molar-refractivity contribution in [3.05, 3.63) is 21.4 Å². The molecule has 5 heteroatoms. The second-order valence-electron chi connectivity index (χ2n) is 7.46. The maximum absolute atomic E-state index is 13.0. The van der Waals surface area contributed by atoms with Crippen LogP contribution in [0.2, 0.25) is 0 Å². The van der Waals surface area contributed by atoms with Crippen molar-refractivity contribution >= 4 is 23.2 Å². The molecule has 2 aliphatic rings. The molecule has 1 aromatic heterocycles. The number of carboxylic acid groups (broad SMARTS) is 1. The number of fused-ring (bicyclic) bond motifs is 1. The third kappa shape index (κ3) is 2.91. The number of likely N-dealkylation sites (tertiary alicyclic amines) is 1. The van der Waals surface area contributed by atoms with E-state index >= 15 is 0 Å². The van der Waals surface area contributed by atoms with Crippen molar-refractivity contribution in [1.29, 1.82) is 0 Å². The van der Waals surface area contributed by atoms with Gasteiger partial charge in [-0.25, -0.2) is 4.79 Å². The van der Waals surface area contributed by atoms with Crippen molar-refractivity contribution in [3.8, 4) is 0 Å². The second kappa shape index (κ2) is 5.93. The Labute approximate surface area is 141 Å². The van der Waals surface area contributed by atoms with Crippen LogP contribution in [0.3, 0.4) is 0 Å². The Balaban J connectivity index is 1.88. The first kappa shape index (κ1) is 16.5. The lowest BCUT2D eigenvalue weighted by atomic mass is 9.87. The second-order valence-corrected chi connectivity index (χ2v) is 8.59. The fourth-order valence-corrected chi connectivity index (χ4v) is 5.13. The van der Waals surface area contributed by atoms with Gasteiger partial charge in [-0.2, -0.15) is 0 Å². The highest BCUT2D eigenvalue weighted by Crippen LogP contribution is 2.38. The maximum Gasteiger partial charge on any atom is 0.326 e. The van der Waals surface area contributed by atoms with E-state index in [0.29, 0.717) is 11.3 Å². The molecular formula is C18H25NO3S. The van der Waals surface area contributed by atoms with Gasteiger partial charge in [0.05, 0.1) is 4.88 Å². The number of carboxylic acids is 1. The largest absolute Gasteiger partial charge is 0.480 e. The summed E-state index contributed by atoms with van der Waals surface area (Å²) in [5, 5.41) is 9.45. The van der Waals surface area contributed by atoms with E-state index in [4.69, 9.17) is 0 Å². The predicted molar refractivity (Wildman–Crippen MR) is 91.0 cm³/mol. The van der Waals surface area contributed by atoms with Crippen LogP contribution in [0.1, 0.15) is 66.6 Å². The van der Waals surface area contributed by atoms with Crippen LogP contribution in [0.5, 0.6) is 0 Å². The van der Waals surface area contributed by atoms with Gasteiger partial charge in [0.2, 0.25) is 0 Å². The summed E-state index contributed by atoms with van der Waals surface area (Å²) in [4.78, 5) is 28.2. The van der Waals surface area contributed by atoms with Crippen molar-refractivity contribution < 1.29 is 14.7 Å². The first-order chi connectivity index (χ1) is 10.8. The van der Waals surface area contributed by atoms with Crippen molar-refractivity contribution in [2.45, 2.75) is 70.9 Å². The molecule has 0 aromatic carbocycles. The molecule has 126 valence electrons. The number of aliphatic carboxylic acids is 1. The van der Waals surface area contributed by atoms with Gasteiger partial charge in [-0.05, 0) is 63.5 Å². The summed E-state index contributed by atoms with van der Waals surface area (Å²) < 4.78 is 0. The highest BCUT2D eigenvalue weighted by atomic mass is 32.1. The molecule has 2 heterocycles. The Hall–Kier alpha value is -1.36. The van der Waals surface area contributed by atoms with E-state index in [2.05, 4.69) is 6.92 Å². The summed E-state index contributed by atoms with van der Waals surface area (Å²) in [6, 6.07) is 1.33. The van der Waals surface area contributed by atoms with E-state index in [9.17, 15) is 14.7 Å². The molecule has 1 amide bonds. The zero-order valence-electron chi connectivity index (χ0n) is 14.1. The molecule has 23 heavy (non-hydrogen) atoms. The number of amides is 1. The predicted octanol–water partition coefficient (Wildman–Crippen LogP) is 3.73. The minimum absolute atomic E-state index is 0.104. The van der Waals surface area contributed by atoms with Crippen LogP contribution in [0, 0.1) is 5.92 Å². The van der Waals surface area contributed by atoms with Gasteiger partial charge in [0, 0.05) is 10.4 Å². The van der Waals surface area contributed by atoms with Gasteiger partial charge in [-0.1, -0.05) is 13.3 Å². The summed E-state index contributed by atoms with van der Waals surface area (Å²) >= 11 is 1.57. The Bertz CT molecular complexity index is 634. The number of carbonyl (C=O) groups excluding carboxylic acids is 1. The van der Waals surface area contributed by atoms with Crippen LogP contribution < -0.4 is 0 Å². The average molecular weight is 335 g/mol. The van der Waals surface area contributed by atoms with Gasteiger partial charge in [0.1, 0.15) is 6.04 Å².